The van der Waals surface area contributed by atoms with E-state index in [2.05, 4.69) is 16.9 Å². The average molecular weight is 244 g/mol. The number of thioether (sulfide) groups is 1. The molecule has 2 unspecified atom stereocenters. The van der Waals surface area contributed by atoms with Gasteiger partial charge in [0.25, 0.3) is 0 Å². The summed E-state index contributed by atoms with van der Waals surface area (Å²) in [7, 11) is 1.82. The standard InChI is InChI=1S/C12H24N2OS/c1-12(2,13-3)11(15)14-9-6-5-7-10(8-9)16-4/h9-10,13H,5-8H2,1-4H3,(H,14,15). The zero-order chi connectivity index (χ0) is 12.2. The zero-order valence-corrected chi connectivity index (χ0v) is 11.6. The summed E-state index contributed by atoms with van der Waals surface area (Å²) in [6.07, 6.45) is 6.93. The maximum atomic E-state index is 12.0. The Labute approximate surface area is 103 Å². The first-order valence-electron chi connectivity index (χ1n) is 6.02. The van der Waals surface area contributed by atoms with Crippen LogP contribution in [0.2, 0.25) is 0 Å². The van der Waals surface area contributed by atoms with E-state index in [1.807, 2.05) is 32.7 Å². The van der Waals surface area contributed by atoms with Gasteiger partial charge in [0.05, 0.1) is 5.54 Å². The first-order chi connectivity index (χ1) is 7.49. The Bertz CT molecular complexity index is 243. The lowest BCUT2D eigenvalue weighted by molar-refractivity contribution is -0.127. The van der Waals surface area contributed by atoms with Gasteiger partial charge in [-0.05, 0) is 46.4 Å². The molecule has 0 aromatic carbocycles. The van der Waals surface area contributed by atoms with Crippen LogP contribution in [0.5, 0.6) is 0 Å². The summed E-state index contributed by atoms with van der Waals surface area (Å²) in [6, 6.07) is 0.367. The molecule has 1 aliphatic carbocycles. The zero-order valence-electron chi connectivity index (χ0n) is 10.8. The van der Waals surface area contributed by atoms with Crippen LogP contribution in [0.15, 0.2) is 0 Å². The fourth-order valence-electron chi connectivity index (χ4n) is 1.97. The molecule has 0 aromatic heterocycles. The maximum absolute atomic E-state index is 12.0. The van der Waals surface area contributed by atoms with E-state index in [0.29, 0.717) is 6.04 Å². The molecule has 4 heteroatoms. The first-order valence-corrected chi connectivity index (χ1v) is 7.31. The molecule has 0 saturated heterocycles. The lowest BCUT2D eigenvalue weighted by Crippen LogP contribution is -2.54. The van der Waals surface area contributed by atoms with Gasteiger partial charge in [-0.15, -0.1) is 0 Å². The van der Waals surface area contributed by atoms with Crippen molar-refractivity contribution in [3.8, 4) is 0 Å². The van der Waals surface area contributed by atoms with Crippen molar-refractivity contribution in [2.75, 3.05) is 13.3 Å². The van der Waals surface area contributed by atoms with Gasteiger partial charge in [0.1, 0.15) is 0 Å². The summed E-state index contributed by atoms with van der Waals surface area (Å²) in [5.41, 5.74) is -0.466. The number of hydrogen-bond donors (Lipinski definition) is 2. The molecule has 94 valence electrons. The van der Waals surface area contributed by atoms with Crippen molar-refractivity contribution < 1.29 is 4.79 Å². The summed E-state index contributed by atoms with van der Waals surface area (Å²) < 4.78 is 0. The molecule has 0 aromatic rings. The molecule has 16 heavy (non-hydrogen) atoms. The van der Waals surface area contributed by atoms with Gasteiger partial charge in [-0.1, -0.05) is 6.42 Å². The number of nitrogens with one attached hydrogen (secondary N) is 2. The highest BCUT2D eigenvalue weighted by atomic mass is 32.2. The normalized spacial score (nSPS) is 26.5. The molecule has 0 spiro atoms. The van der Waals surface area contributed by atoms with Gasteiger partial charge < -0.3 is 10.6 Å². The average Bonchev–Trinajstić information content (AvgIpc) is 2.29. The molecule has 1 rings (SSSR count). The van der Waals surface area contributed by atoms with Crippen LogP contribution in [-0.2, 0) is 4.79 Å². The van der Waals surface area contributed by atoms with E-state index in [4.69, 9.17) is 0 Å². The van der Waals surface area contributed by atoms with Crippen LogP contribution in [0.25, 0.3) is 0 Å². The molecule has 3 nitrogen and oxygen atoms in total. The summed E-state index contributed by atoms with van der Waals surface area (Å²) >= 11 is 1.92. The highest BCUT2D eigenvalue weighted by molar-refractivity contribution is 7.99. The summed E-state index contributed by atoms with van der Waals surface area (Å²) in [6.45, 7) is 3.83. The third-order valence-electron chi connectivity index (χ3n) is 3.49. The molecule has 1 aliphatic rings. The number of carbonyl (C=O) groups is 1. The van der Waals surface area contributed by atoms with Gasteiger partial charge in [0, 0.05) is 11.3 Å². The van der Waals surface area contributed by atoms with Gasteiger partial charge in [0.15, 0.2) is 0 Å². The minimum Gasteiger partial charge on any atom is -0.352 e. The van der Waals surface area contributed by atoms with Gasteiger partial charge in [-0.25, -0.2) is 0 Å². The van der Waals surface area contributed by atoms with Crippen molar-refractivity contribution in [2.24, 2.45) is 0 Å². The molecule has 1 saturated carbocycles. The molecule has 1 amide bonds. The van der Waals surface area contributed by atoms with Gasteiger partial charge in [0.2, 0.25) is 5.91 Å². The second-order valence-corrected chi connectivity index (χ2v) is 6.21. The number of amides is 1. The van der Waals surface area contributed by atoms with E-state index in [1.54, 1.807) is 0 Å². The molecule has 2 N–H and O–H groups in total. The van der Waals surface area contributed by atoms with Crippen molar-refractivity contribution in [1.29, 1.82) is 0 Å². The fourth-order valence-corrected chi connectivity index (χ4v) is 2.80. The van der Waals surface area contributed by atoms with Crippen LogP contribution in [0.4, 0.5) is 0 Å². The number of hydrogen-bond acceptors (Lipinski definition) is 3. The topological polar surface area (TPSA) is 41.1 Å². The van der Waals surface area contributed by atoms with Crippen molar-refractivity contribution in [2.45, 2.75) is 56.4 Å². The van der Waals surface area contributed by atoms with Gasteiger partial charge in [-0.2, -0.15) is 11.8 Å². The van der Waals surface area contributed by atoms with Crippen LogP contribution in [0, 0.1) is 0 Å². The van der Waals surface area contributed by atoms with Crippen molar-refractivity contribution >= 4 is 17.7 Å². The van der Waals surface area contributed by atoms with Crippen LogP contribution in [0.1, 0.15) is 39.5 Å². The second kappa shape index (κ2) is 5.92. The van der Waals surface area contributed by atoms with E-state index >= 15 is 0 Å². The fraction of sp³-hybridized carbons (Fsp3) is 0.917. The third kappa shape index (κ3) is 3.67. The monoisotopic (exact) mass is 244 g/mol. The van der Waals surface area contributed by atoms with Crippen LogP contribution >= 0.6 is 11.8 Å². The predicted octanol–water partition coefficient (Wildman–Crippen LogP) is 1.77. The Kier molecular flexibility index (Phi) is 5.12. The molecule has 0 heterocycles. The summed E-state index contributed by atoms with van der Waals surface area (Å²) in [5.74, 6) is 0.113. The van der Waals surface area contributed by atoms with E-state index < -0.39 is 5.54 Å². The Morgan fingerprint density at radius 1 is 1.38 bits per heavy atom. The highest BCUT2D eigenvalue weighted by Gasteiger charge is 2.29. The number of carbonyl (C=O) groups excluding carboxylic acids is 1. The number of rotatable bonds is 4. The lowest BCUT2D eigenvalue weighted by Gasteiger charge is -2.32. The van der Waals surface area contributed by atoms with Gasteiger partial charge in [-0.3, -0.25) is 4.79 Å². The molecule has 0 radical (unpaired) electrons. The third-order valence-corrected chi connectivity index (χ3v) is 4.58. The van der Waals surface area contributed by atoms with Crippen LogP contribution in [-0.4, -0.2) is 36.0 Å². The van der Waals surface area contributed by atoms with Crippen molar-refractivity contribution in [3.05, 3.63) is 0 Å². The summed E-state index contributed by atoms with van der Waals surface area (Å²) in [5, 5.41) is 6.92. The Balaban J connectivity index is 2.45. The molecule has 2 atom stereocenters. The number of likely N-dealkylation sites (N-methyl/N-ethyl adjacent to an activating group) is 1. The smallest absolute Gasteiger partial charge is 0.239 e. The maximum Gasteiger partial charge on any atom is 0.239 e. The second-order valence-electron chi connectivity index (χ2n) is 5.07. The Hall–Kier alpha value is -0.220. The van der Waals surface area contributed by atoms with E-state index in [0.717, 1.165) is 18.1 Å². The summed E-state index contributed by atoms with van der Waals surface area (Å²) in [4.78, 5) is 12.0. The van der Waals surface area contributed by atoms with E-state index in [-0.39, 0.29) is 5.91 Å². The molecule has 0 aliphatic heterocycles. The molecular formula is C12H24N2OS. The quantitative estimate of drug-likeness (QED) is 0.792. The lowest BCUT2D eigenvalue weighted by atomic mass is 9.93. The predicted molar refractivity (Wildman–Crippen MR) is 70.8 cm³/mol. The Morgan fingerprint density at radius 3 is 2.62 bits per heavy atom. The molecular weight excluding hydrogens is 220 g/mol. The first kappa shape index (κ1) is 13.8. The van der Waals surface area contributed by atoms with Crippen molar-refractivity contribution in [1.82, 2.24) is 10.6 Å². The minimum absolute atomic E-state index is 0.113. The highest BCUT2D eigenvalue weighted by Crippen LogP contribution is 2.27. The largest absolute Gasteiger partial charge is 0.352 e. The minimum atomic E-state index is -0.466. The Morgan fingerprint density at radius 2 is 2.06 bits per heavy atom. The van der Waals surface area contributed by atoms with Crippen molar-refractivity contribution in [3.63, 3.8) is 0 Å². The SMILES string of the molecule is CNC(C)(C)C(=O)NC1CCCC(SC)C1. The van der Waals surface area contributed by atoms with Gasteiger partial charge >= 0.3 is 0 Å². The van der Waals surface area contributed by atoms with E-state index in [9.17, 15) is 4.79 Å². The van der Waals surface area contributed by atoms with Crippen LogP contribution < -0.4 is 10.6 Å². The molecule has 1 fully saturated rings. The van der Waals surface area contributed by atoms with E-state index in [1.165, 1.54) is 12.8 Å². The molecule has 0 bridgehead atoms. The van der Waals surface area contributed by atoms with Crippen LogP contribution in [0.3, 0.4) is 0 Å².